The lowest BCUT2D eigenvalue weighted by Crippen LogP contribution is -2.19. The van der Waals surface area contributed by atoms with Crippen LogP contribution in [-0.2, 0) is 10.0 Å². The minimum Gasteiger partial charge on any atom is -0.376 e. The predicted octanol–water partition coefficient (Wildman–Crippen LogP) is 3.07. The molecule has 0 spiro atoms. The maximum absolute atomic E-state index is 12.5. The molecule has 0 aliphatic heterocycles. The summed E-state index contributed by atoms with van der Waals surface area (Å²) >= 11 is 4.75. The van der Waals surface area contributed by atoms with Crippen molar-refractivity contribution in [2.75, 3.05) is 10.0 Å². The van der Waals surface area contributed by atoms with Crippen LogP contribution in [0.1, 0.15) is 16.7 Å². The third kappa shape index (κ3) is 4.20. The number of sulfonamides is 1. The normalized spacial score (nSPS) is 11.1. The van der Waals surface area contributed by atoms with Crippen LogP contribution >= 0.6 is 12.2 Å². The average Bonchev–Trinajstić information content (AvgIpc) is 2.43. The Kier molecular flexibility index (Phi) is 4.91. The zero-order chi connectivity index (χ0) is 17.2. The number of aryl methyl sites for hydroxylation is 3. The maximum atomic E-state index is 12.5. The van der Waals surface area contributed by atoms with E-state index in [-0.39, 0.29) is 10.0 Å². The third-order valence-electron chi connectivity index (χ3n) is 3.35. The summed E-state index contributed by atoms with van der Waals surface area (Å²) in [5.41, 5.74) is 9.50. The molecule has 0 bridgehead atoms. The van der Waals surface area contributed by atoms with E-state index in [4.69, 9.17) is 18.0 Å². The molecule has 23 heavy (non-hydrogen) atoms. The molecule has 0 heterocycles. The molecule has 7 heteroatoms. The van der Waals surface area contributed by atoms with Gasteiger partial charge in [-0.05, 0) is 68.4 Å². The van der Waals surface area contributed by atoms with E-state index in [0.29, 0.717) is 11.4 Å². The Labute approximate surface area is 142 Å². The Morgan fingerprint density at radius 3 is 2.04 bits per heavy atom. The molecule has 5 nitrogen and oxygen atoms in total. The van der Waals surface area contributed by atoms with Crippen molar-refractivity contribution in [1.82, 2.24) is 0 Å². The summed E-state index contributed by atoms with van der Waals surface area (Å²) in [4.78, 5) is 0.172. The molecule has 2 aromatic carbocycles. The van der Waals surface area contributed by atoms with Gasteiger partial charge in [0.25, 0.3) is 10.0 Å². The first-order chi connectivity index (χ1) is 10.7. The first-order valence-electron chi connectivity index (χ1n) is 6.96. The van der Waals surface area contributed by atoms with Gasteiger partial charge in [-0.1, -0.05) is 17.7 Å². The number of benzene rings is 2. The van der Waals surface area contributed by atoms with Crippen molar-refractivity contribution in [2.45, 2.75) is 25.7 Å². The Morgan fingerprint density at radius 2 is 1.57 bits per heavy atom. The van der Waals surface area contributed by atoms with Gasteiger partial charge in [0.15, 0.2) is 5.11 Å². The lowest BCUT2D eigenvalue weighted by molar-refractivity contribution is 0.601. The van der Waals surface area contributed by atoms with Gasteiger partial charge in [0, 0.05) is 5.69 Å². The van der Waals surface area contributed by atoms with Crippen LogP contribution in [0, 0.1) is 20.8 Å². The van der Waals surface area contributed by atoms with Crippen LogP contribution in [-0.4, -0.2) is 13.5 Å². The molecule has 2 aromatic rings. The maximum Gasteiger partial charge on any atom is 0.261 e. The number of rotatable bonds is 4. The number of thiocarbonyl (C=S) groups is 1. The van der Waals surface area contributed by atoms with Crippen molar-refractivity contribution in [3.63, 3.8) is 0 Å². The minimum atomic E-state index is -3.66. The highest BCUT2D eigenvalue weighted by molar-refractivity contribution is 7.92. The first kappa shape index (κ1) is 17.2. The zero-order valence-corrected chi connectivity index (χ0v) is 14.8. The van der Waals surface area contributed by atoms with Crippen molar-refractivity contribution >= 4 is 38.7 Å². The fourth-order valence-electron chi connectivity index (χ4n) is 2.39. The van der Waals surface area contributed by atoms with Crippen molar-refractivity contribution in [3.05, 3.63) is 53.1 Å². The lowest BCUT2D eigenvalue weighted by Gasteiger charge is -2.14. The molecule has 0 saturated heterocycles. The van der Waals surface area contributed by atoms with Gasteiger partial charge < -0.3 is 11.1 Å². The van der Waals surface area contributed by atoms with E-state index in [1.807, 2.05) is 32.9 Å². The van der Waals surface area contributed by atoms with Gasteiger partial charge in [-0.15, -0.1) is 0 Å². The van der Waals surface area contributed by atoms with E-state index in [9.17, 15) is 8.42 Å². The molecule has 0 saturated carbocycles. The van der Waals surface area contributed by atoms with Crippen molar-refractivity contribution in [2.24, 2.45) is 5.73 Å². The number of hydrogen-bond donors (Lipinski definition) is 3. The molecule has 2 rings (SSSR count). The van der Waals surface area contributed by atoms with Crippen LogP contribution in [0.5, 0.6) is 0 Å². The summed E-state index contributed by atoms with van der Waals surface area (Å²) in [5, 5.41) is 2.88. The molecule has 0 aromatic heterocycles. The van der Waals surface area contributed by atoms with Gasteiger partial charge in [0.05, 0.1) is 10.6 Å². The van der Waals surface area contributed by atoms with Crippen LogP contribution in [0.25, 0.3) is 0 Å². The fourth-order valence-corrected chi connectivity index (χ4v) is 3.71. The van der Waals surface area contributed by atoms with Crippen molar-refractivity contribution in [1.29, 1.82) is 0 Å². The summed E-state index contributed by atoms with van der Waals surface area (Å²) in [7, 11) is -3.66. The van der Waals surface area contributed by atoms with Crippen LogP contribution in [0.15, 0.2) is 41.3 Å². The summed E-state index contributed by atoms with van der Waals surface area (Å²) < 4.78 is 27.7. The third-order valence-corrected chi connectivity index (χ3v) is 4.81. The van der Waals surface area contributed by atoms with E-state index in [1.54, 1.807) is 12.1 Å². The summed E-state index contributed by atoms with van der Waals surface area (Å²) in [6.45, 7) is 5.74. The van der Waals surface area contributed by atoms with Gasteiger partial charge in [0.2, 0.25) is 0 Å². The quantitative estimate of drug-likeness (QED) is 0.739. The number of anilines is 2. The standard InChI is InChI=1S/C16H19N3O2S2/c1-10-8-11(2)15(12(3)9-10)19-23(20,21)14-6-4-13(5-7-14)18-16(17)22/h4-9,19H,1-3H3,(H3,17,18,22). The Hall–Kier alpha value is -2.12. The van der Waals surface area contributed by atoms with Crippen molar-refractivity contribution in [3.8, 4) is 0 Å². The molecule has 0 radical (unpaired) electrons. The highest BCUT2D eigenvalue weighted by atomic mass is 32.2. The Balaban J connectivity index is 2.31. The van der Waals surface area contributed by atoms with Gasteiger partial charge in [-0.25, -0.2) is 8.42 Å². The highest BCUT2D eigenvalue weighted by Crippen LogP contribution is 2.25. The lowest BCUT2D eigenvalue weighted by atomic mass is 10.1. The molecule has 122 valence electrons. The molecule has 0 aliphatic rings. The Bertz CT molecular complexity index is 821. The number of hydrogen-bond acceptors (Lipinski definition) is 3. The molecule has 4 N–H and O–H groups in total. The van der Waals surface area contributed by atoms with E-state index < -0.39 is 10.0 Å². The van der Waals surface area contributed by atoms with Crippen molar-refractivity contribution < 1.29 is 8.42 Å². The van der Waals surface area contributed by atoms with E-state index in [2.05, 4.69) is 10.0 Å². The molecule has 0 atom stereocenters. The second kappa shape index (κ2) is 6.55. The zero-order valence-electron chi connectivity index (χ0n) is 13.2. The summed E-state index contributed by atoms with van der Waals surface area (Å²) in [5.74, 6) is 0. The van der Waals surface area contributed by atoms with Gasteiger partial charge in [0.1, 0.15) is 0 Å². The average molecular weight is 349 g/mol. The van der Waals surface area contributed by atoms with Crippen LogP contribution in [0.4, 0.5) is 11.4 Å². The summed E-state index contributed by atoms with van der Waals surface area (Å²) in [6.07, 6.45) is 0. The molecule has 0 fully saturated rings. The van der Waals surface area contributed by atoms with Gasteiger partial charge >= 0.3 is 0 Å². The second-order valence-corrected chi connectivity index (χ2v) is 7.52. The smallest absolute Gasteiger partial charge is 0.261 e. The van der Waals surface area contributed by atoms with E-state index in [0.717, 1.165) is 16.7 Å². The highest BCUT2D eigenvalue weighted by Gasteiger charge is 2.16. The topological polar surface area (TPSA) is 84.2 Å². The molecule has 0 amide bonds. The monoisotopic (exact) mass is 349 g/mol. The largest absolute Gasteiger partial charge is 0.376 e. The molecule has 0 aliphatic carbocycles. The number of nitrogens with one attached hydrogen (secondary N) is 2. The van der Waals surface area contributed by atoms with Crippen LogP contribution < -0.4 is 15.8 Å². The molecular weight excluding hydrogens is 330 g/mol. The fraction of sp³-hybridized carbons (Fsp3) is 0.188. The number of nitrogens with two attached hydrogens (primary N) is 1. The SMILES string of the molecule is Cc1cc(C)c(NS(=O)(=O)c2ccc(NC(N)=S)cc2)c(C)c1. The van der Waals surface area contributed by atoms with E-state index >= 15 is 0 Å². The van der Waals surface area contributed by atoms with Gasteiger partial charge in [-0.2, -0.15) is 0 Å². The molecular formula is C16H19N3O2S2. The minimum absolute atomic E-state index is 0.129. The summed E-state index contributed by atoms with van der Waals surface area (Å²) in [6, 6.07) is 10.1. The molecule has 0 unspecified atom stereocenters. The van der Waals surface area contributed by atoms with E-state index in [1.165, 1.54) is 12.1 Å². The second-order valence-electron chi connectivity index (χ2n) is 5.39. The Morgan fingerprint density at radius 1 is 1.04 bits per heavy atom. The van der Waals surface area contributed by atoms with Crippen LogP contribution in [0.2, 0.25) is 0 Å². The predicted molar refractivity (Wildman–Crippen MR) is 98.3 cm³/mol. The van der Waals surface area contributed by atoms with Crippen LogP contribution in [0.3, 0.4) is 0 Å². The first-order valence-corrected chi connectivity index (χ1v) is 8.85. The van der Waals surface area contributed by atoms with Gasteiger partial charge in [-0.3, -0.25) is 4.72 Å².